The van der Waals surface area contributed by atoms with Crippen LogP contribution >= 0.6 is 0 Å². The molecule has 0 aliphatic rings. The van der Waals surface area contributed by atoms with E-state index in [1.807, 2.05) is 0 Å². The van der Waals surface area contributed by atoms with E-state index in [1.165, 1.54) is 50.6 Å². The molecule has 0 saturated heterocycles. The van der Waals surface area contributed by atoms with E-state index in [9.17, 15) is 22.4 Å². The third-order valence-corrected chi connectivity index (χ3v) is 4.50. The largest absolute Gasteiger partial charge is 0.497 e. The number of anilines is 1. The summed E-state index contributed by atoms with van der Waals surface area (Å²) in [5.74, 6) is -0.363. The predicted molar refractivity (Wildman–Crippen MR) is 113 cm³/mol. The molecule has 10 heteroatoms. The number of carbonyl (C=O) groups is 1. The van der Waals surface area contributed by atoms with Crippen molar-refractivity contribution in [2.24, 2.45) is 0 Å². The minimum absolute atomic E-state index is 0.0532. The molecule has 33 heavy (non-hydrogen) atoms. The van der Waals surface area contributed by atoms with Crippen molar-refractivity contribution in [2.45, 2.75) is 13.2 Å². The summed E-state index contributed by atoms with van der Waals surface area (Å²) < 4.78 is 69.8. The van der Waals surface area contributed by atoms with Gasteiger partial charge >= 0.3 is 13.2 Å². The first-order chi connectivity index (χ1) is 15.8. The molecule has 174 valence electrons. The van der Waals surface area contributed by atoms with Crippen LogP contribution < -0.4 is 24.3 Å². The highest BCUT2D eigenvalue weighted by molar-refractivity contribution is 6.05. The Hall–Kier alpha value is -3.95. The Labute approximate surface area is 186 Å². The first-order valence-corrected chi connectivity index (χ1v) is 9.48. The number of halogens is 4. The van der Waals surface area contributed by atoms with Crippen molar-refractivity contribution < 1.29 is 41.3 Å². The Balaban J connectivity index is 1.89. The molecule has 0 saturated carbocycles. The average molecular weight is 465 g/mol. The van der Waals surface area contributed by atoms with Gasteiger partial charge in [0.25, 0.3) is 5.91 Å². The highest BCUT2D eigenvalue weighted by atomic mass is 19.3. The second kappa shape index (κ2) is 10.6. The molecule has 3 aromatic rings. The summed E-state index contributed by atoms with van der Waals surface area (Å²) in [7, 11) is 2.75. The predicted octanol–water partition coefficient (Wildman–Crippen LogP) is 5.83. The lowest BCUT2D eigenvalue weighted by atomic mass is 10.0. The summed E-state index contributed by atoms with van der Waals surface area (Å²) in [6.07, 6.45) is 0. The lowest BCUT2D eigenvalue weighted by Crippen LogP contribution is -2.13. The van der Waals surface area contributed by atoms with Gasteiger partial charge in [-0.25, -0.2) is 0 Å². The van der Waals surface area contributed by atoms with Crippen molar-refractivity contribution in [1.29, 1.82) is 0 Å². The number of ether oxygens (including phenoxy) is 4. The Morgan fingerprint density at radius 2 is 1.39 bits per heavy atom. The minimum Gasteiger partial charge on any atom is -0.497 e. The van der Waals surface area contributed by atoms with Crippen LogP contribution in [0.15, 0.2) is 60.7 Å². The van der Waals surface area contributed by atoms with Crippen LogP contribution in [0.5, 0.6) is 23.0 Å². The van der Waals surface area contributed by atoms with Crippen molar-refractivity contribution in [1.82, 2.24) is 0 Å². The maximum absolute atomic E-state index is 12.9. The molecule has 0 atom stereocenters. The van der Waals surface area contributed by atoms with E-state index >= 15 is 0 Å². The van der Waals surface area contributed by atoms with Gasteiger partial charge in [-0.1, -0.05) is 12.1 Å². The maximum atomic E-state index is 12.9. The van der Waals surface area contributed by atoms with Gasteiger partial charge in [0, 0.05) is 16.8 Å². The molecule has 1 amide bonds. The number of rotatable bonds is 9. The number of alkyl halides is 4. The van der Waals surface area contributed by atoms with Crippen LogP contribution in [0.1, 0.15) is 10.4 Å². The van der Waals surface area contributed by atoms with E-state index in [0.717, 1.165) is 0 Å². The van der Waals surface area contributed by atoms with Crippen LogP contribution in [0.25, 0.3) is 11.1 Å². The van der Waals surface area contributed by atoms with Gasteiger partial charge in [0.2, 0.25) is 0 Å². The lowest BCUT2D eigenvalue weighted by Gasteiger charge is -2.15. The van der Waals surface area contributed by atoms with E-state index in [-0.39, 0.29) is 22.8 Å². The fourth-order valence-electron chi connectivity index (χ4n) is 3.01. The van der Waals surface area contributed by atoms with Gasteiger partial charge in [0.15, 0.2) is 11.5 Å². The van der Waals surface area contributed by atoms with E-state index in [2.05, 4.69) is 14.8 Å². The molecule has 1 N–H and O–H groups in total. The highest BCUT2D eigenvalue weighted by Crippen LogP contribution is 2.35. The van der Waals surface area contributed by atoms with Gasteiger partial charge in [-0.05, 0) is 54.1 Å². The van der Waals surface area contributed by atoms with Crippen molar-refractivity contribution in [3.8, 4) is 34.1 Å². The Morgan fingerprint density at radius 1 is 0.758 bits per heavy atom. The molecule has 0 aliphatic carbocycles. The molecule has 3 rings (SSSR count). The van der Waals surface area contributed by atoms with E-state index in [0.29, 0.717) is 22.6 Å². The van der Waals surface area contributed by atoms with Gasteiger partial charge in [0.1, 0.15) is 11.5 Å². The smallest absolute Gasteiger partial charge is 0.387 e. The monoisotopic (exact) mass is 465 g/mol. The number of amides is 1. The first kappa shape index (κ1) is 23.7. The molecule has 0 heterocycles. The number of benzene rings is 3. The Bertz CT molecular complexity index is 1110. The van der Waals surface area contributed by atoms with E-state index in [4.69, 9.17) is 9.47 Å². The van der Waals surface area contributed by atoms with Crippen LogP contribution in [0.4, 0.5) is 23.2 Å². The highest BCUT2D eigenvalue weighted by Gasteiger charge is 2.16. The molecular weight excluding hydrogens is 446 g/mol. The van der Waals surface area contributed by atoms with Gasteiger partial charge in [0.05, 0.1) is 14.2 Å². The average Bonchev–Trinajstić information content (AvgIpc) is 2.79. The lowest BCUT2D eigenvalue weighted by molar-refractivity contribution is -0.0514. The molecular formula is C23H19F4NO5. The summed E-state index contributed by atoms with van der Waals surface area (Å²) >= 11 is 0. The SMILES string of the molecule is COc1ccc(-c2cc(NC(=O)c3ccc(OC(F)F)c(OC)c3)ccc2OC(F)F)cc1. The zero-order valence-corrected chi connectivity index (χ0v) is 17.5. The van der Waals surface area contributed by atoms with Crippen LogP contribution in [-0.4, -0.2) is 33.3 Å². The van der Waals surface area contributed by atoms with Gasteiger partial charge in [-0.3, -0.25) is 4.79 Å². The van der Waals surface area contributed by atoms with Crippen molar-refractivity contribution >= 4 is 11.6 Å². The fraction of sp³-hybridized carbons (Fsp3) is 0.174. The van der Waals surface area contributed by atoms with Gasteiger partial charge < -0.3 is 24.3 Å². The molecule has 3 aromatic carbocycles. The number of carbonyl (C=O) groups excluding carboxylic acids is 1. The van der Waals surface area contributed by atoms with Crippen molar-refractivity contribution in [2.75, 3.05) is 19.5 Å². The summed E-state index contributed by atoms with van der Waals surface area (Å²) in [5, 5.41) is 2.63. The molecule has 0 fully saturated rings. The van der Waals surface area contributed by atoms with Crippen LogP contribution in [-0.2, 0) is 0 Å². The summed E-state index contributed by atoms with van der Waals surface area (Å²) in [6.45, 7) is -6.09. The Kier molecular flexibility index (Phi) is 7.60. The zero-order chi connectivity index (χ0) is 24.0. The maximum Gasteiger partial charge on any atom is 0.387 e. The summed E-state index contributed by atoms with van der Waals surface area (Å²) in [5.41, 5.74) is 1.26. The number of hydrogen-bond acceptors (Lipinski definition) is 5. The summed E-state index contributed by atoms with van der Waals surface area (Å²) in [6, 6.07) is 14.5. The molecule has 0 aromatic heterocycles. The zero-order valence-electron chi connectivity index (χ0n) is 17.5. The minimum atomic E-state index is -3.05. The number of hydrogen-bond donors (Lipinski definition) is 1. The fourth-order valence-corrected chi connectivity index (χ4v) is 3.01. The second-order valence-corrected chi connectivity index (χ2v) is 6.52. The molecule has 6 nitrogen and oxygen atoms in total. The van der Waals surface area contributed by atoms with E-state index < -0.39 is 19.1 Å². The molecule has 0 radical (unpaired) electrons. The molecule has 0 spiro atoms. The molecule has 0 aliphatic heterocycles. The van der Waals surface area contributed by atoms with Crippen LogP contribution in [0, 0.1) is 0 Å². The van der Waals surface area contributed by atoms with Crippen molar-refractivity contribution in [3.63, 3.8) is 0 Å². The van der Waals surface area contributed by atoms with Gasteiger partial charge in [-0.15, -0.1) is 0 Å². The number of nitrogens with one attached hydrogen (secondary N) is 1. The van der Waals surface area contributed by atoms with Crippen LogP contribution in [0.3, 0.4) is 0 Å². The first-order valence-electron chi connectivity index (χ1n) is 9.48. The standard InChI is InChI=1S/C23H19F4NO5/c1-30-16-7-3-13(4-8-16)17-12-15(6-10-18(17)32-22(24)25)28-21(29)14-5-9-19(33-23(26)27)20(11-14)31-2/h3-12,22-23H,1-2H3,(H,28,29). The van der Waals surface area contributed by atoms with Gasteiger partial charge in [-0.2, -0.15) is 17.6 Å². The number of methoxy groups -OCH3 is 2. The third kappa shape index (κ3) is 6.06. The Morgan fingerprint density at radius 3 is 2.00 bits per heavy atom. The van der Waals surface area contributed by atoms with Crippen molar-refractivity contribution in [3.05, 3.63) is 66.2 Å². The normalized spacial score (nSPS) is 10.8. The molecule has 0 unspecified atom stereocenters. The second-order valence-electron chi connectivity index (χ2n) is 6.52. The summed E-state index contributed by atoms with van der Waals surface area (Å²) in [4.78, 5) is 12.7. The quantitative estimate of drug-likeness (QED) is 0.403. The third-order valence-electron chi connectivity index (χ3n) is 4.50. The molecule has 0 bridgehead atoms. The van der Waals surface area contributed by atoms with Crippen LogP contribution in [0.2, 0.25) is 0 Å². The topological polar surface area (TPSA) is 66.0 Å². The van der Waals surface area contributed by atoms with E-state index in [1.54, 1.807) is 24.3 Å².